The molecule has 2 fully saturated rings. The second-order valence-corrected chi connectivity index (χ2v) is 8.15. The van der Waals surface area contributed by atoms with Crippen LogP contribution < -0.4 is 0 Å². The number of likely N-dealkylation sites (N-methyl/N-ethyl adjacent to an activating group) is 1. The molecule has 118 valence electrons. The van der Waals surface area contributed by atoms with Crippen molar-refractivity contribution in [1.82, 2.24) is 19.0 Å². The van der Waals surface area contributed by atoms with Crippen LogP contribution in [-0.4, -0.2) is 65.5 Å². The Morgan fingerprint density at radius 2 is 2.10 bits per heavy atom. The van der Waals surface area contributed by atoms with Crippen molar-refractivity contribution in [2.75, 3.05) is 26.0 Å². The standard InChI is InChI=1S/C13H21ClN4O2S/c1-16-11-2-3-12(16)9-18(6-4-11)21(19,20)13-8-15-17(10-13)7-5-14/h8,10-12H,2-7,9H2,1H3. The van der Waals surface area contributed by atoms with E-state index < -0.39 is 10.0 Å². The van der Waals surface area contributed by atoms with E-state index in [0.29, 0.717) is 37.6 Å². The molecule has 3 heterocycles. The summed E-state index contributed by atoms with van der Waals surface area (Å²) in [5, 5.41) is 4.07. The fourth-order valence-corrected chi connectivity index (χ4v) is 4.95. The molecule has 0 saturated carbocycles. The molecule has 0 spiro atoms. The molecule has 8 heteroatoms. The first kappa shape index (κ1) is 15.3. The van der Waals surface area contributed by atoms with Gasteiger partial charge < -0.3 is 0 Å². The van der Waals surface area contributed by atoms with Crippen molar-refractivity contribution in [2.45, 2.75) is 42.8 Å². The summed E-state index contributed by atoms with van der Waals surface area (Å²) < 4.78 is 28.7. The Labute approximate surface area is 130 Å². The molecule has 2 aliphatic heterocycles. The first-order valence-electron chi connectivity index (χ1n) is 7.33. The third-order valence-electron chi connectivity index (χ3n) is 4.67. The highest BCUT2D eigenvalue weighted by Crippen LogP contribution is 2.30. The van der Waals surface area contributed by atoms with Gasteiger partial charge in [0.25, 0.3) is 0 Å². The number of hydrogen-bond acceptors (Lipinski definition) is 4. The fourth-order valence-electron chi connectivity index (χ4n) is 3.33. The Kier molecular flexibility index (Phi) is 4.27. The second-order valence-electron chi connectivity index (χ2n) is 5.83. The van der Waals surface area contributed by atoms with E-state index in [1.807, 2.05) is 0 Å². The number of hydrogen-bond donors (Lipinski definition) is 0. The van der Waals surface area contributed by atoms with E-state index in [0.717, 1.165) is 12.8 Å². The zero-order chi connectivity index (χ0) is 15.0. The molecule has 0 radical (unpaired) electrons. The molecule has 3 rings (SSSR count). The number of fused-ring (bicyclic) bond motifs is 2. The molecule has 0 aromatic carbocycles. The number of aryl methyl sites for hydroxylation is 1. The van der Waals surface area contributed by atoms with Gasteiger partial charge in [-0.2, -0.15) is 9.40 Å². The Hall–Kier alpha value is -0.630. The molecule has 2 atom stereocenters. The zero-order valence-electron chi connectivity index (χ0n) is 12.2. The minimum absolute atomic E-state index is 0.271. The van der Waals surface area contributed by atoms with Crippen LogP contribution in [0.4, 0.5) is 0 Å². The lowest BCUT2D eigenvalue weighted by Crippen LogP contribution is -2.39. The van der Waals surface area contributed by atoms with Gasteiger partial charge in [-0.1, -0.05) is 0 Å². The topological polar surface area (TPSA) is 58.4 Å². The van der Waals surface area contributed by atoms with E-state index in [1.165, 1.54) is 12.6 Å². The van der Waals surface area contributed by atoms with Crippen LogP contribution in [0.1, 0.15) is 19.3 Å². The van der Waals surface area contributed by atoms with Crippen LogP contribution in [0, 0.1) is 0 Å². The summed E-state index contributed by atoms with van der Waals surface area (Å²) in [4.78, 5) is 2.61. The molecule has 21 heavy (non-hydrogen) atoms. The summed E-state index contributed by atoms with van der Waals surface area (Å²) in [6.45, 7) is 1.69. The Morgan fingerprint density at radius 3 is 2.86 bits per heavy atom. The van der Waals surface area contributed by atoms with Crippen LogP contribution in [0.5, 0.6) is 0 Å². The first-order valence-corrected chi connectivity index (χ1v) is 9.30. The van der Waals surface area contributed by atoms with E-state index in [4.69, 9.17) is 11.6 Å². The summed E-state index contributed by atoms with van der Waals surface area (Å²) >= 11 is 5.66. The van der Waals surface area contributed by atoms with Crippen LogP contribution in [0.2, 0.25) is 0 Å². The van der Waals surface area contributed by atoms with Crippen molar-refractivity contribution in [1.29, 1.82) is 0 Å². The van der Waals surface area contributed by atoms with Gasteiger partial charge >= 0.3 is 0 Å². The molecule has 0 amide bonds. The molecule has 2 aliphatic rings. The number of sulfonamides is 1. The van der Waals surface area contributed by atoms with Crippen molar-refractivity contribution in [3.8, 4) is 0 Å². The van der Waals surface area contributed by atoms with Gasteiger partial charge in [-0.3, -0.25) is 9.58 Å². The predicted molar refractivity (Wildman–Crippen MR) is 80.9 cm³/mol. The van der Waals surface area contributed by atoms with Gasteiger partial charge in [-0.15, -0.1) is 11.6 Å². The number of halogens is 1. The maximum absolute atomic E-state index is 12.8. The van der Waals surface area contributed by atoms with Crippen LogP contribution in [0.25, 0.3) is 0 Å². The SMILES string of the molecule is CN1C2CCC1CN(S(=O)(=O)c1cnn(CCCl)c1)CC2. The van der Waals surface area contributed by atoms with Crippen LogP contribution in [0.3, 0.4) is 0 Å². The van der Waals surface area contributed by atoms with Gasteiger partial charge in [-0.25, -0.2) is 8.42 Å². The third kappa shape index (κ3) is 2.84. The molecular formula is C13H21ClN4O2S. The van der Waals surface area contributed by atoms with Crippen molar-refractivity contribution in [3.05, 3.63) is 12.4 Å². The van der Waals surface area contributed by atoms with Gasteiger partial charge in [0.2, 0.25) is 10.0 Å². The molecule has 1 aromatic heterocycles. The average molecular weight is 333 g/mol. The highest BCUT2D eigenvalue weighted by atomic mass is 35.5. The van der Waals surface area contributed by atoms with Crippen LogP contribution in [-0.2, 0) is 16.6 Å². The Bertz CT molecular complexity index is 603. The predicted octanol–water partition coefficient (Wildman–Crippen LogP) is 0.979. The smallest absolute Gasteiger partial charge is 0.246 e. The number of nitrogens with zero attached hydrogens (tertiary/aromatic N) is 4. The van der Waals surface area contributed by atoms with E-state index in [-0.39, 0.29) is 4.90 Å². The Morgan fingerprint density at radius 1 is 1.33 bits per heavy atom. The lowest BCUT2D eigenvalue weighted by molar-refractivity contribution is 0.246. The number of rotatable bonds is 4. The fraction of sp³-hybridized carbons (Fsp3) is 0.769. The molecule has 0 N–H and O–H groups in total. The van der Waals surface area contributed by atoms with Gasteiger partial charge in [0.1, 0.15) is 4.90 Å². The molecule has 2 bridgehead atoms. The second kappa shape index (κ2) is 5.87. The number of alkyl halides is 1. The van der Waals surface area contributed by atoms with E-state index in [9.17, 15) is 8.42 Å². The van der Waals surface area contributed by atoms with E-state index >= 15 is 0 Å². The average Bonchev–Trinajstić information content (AvgIpc) is 2.96. The molecule has 2 saturated heterocycles. The van der Waals surface area contributed by atoms with Crippen LogP contribution in [0.15, 0.2) is 17.3 Å². The van der Waals surface area contributed by atoms with E-state index in [1.54, 1.807) is 15.2 Å². The maximum atomic E-state index is 12.8. The third-order valence-corrected chi connectivity index (χ3v) is 6.66. The summed E-state index contributed by atoms with van der Waals surface area (Å²) in [5.41, 5.74) is 0. The van der Waals surface area contributed by atoms with Crippen LogP contribution >= 0.6 is 11.6 Å². The lowest BCUT2D eigenvalue weighted by atomic mass is 10.1. The van der Waals surface area contributed by atoms with Gasteiger partial charge in [0.05, 0.1) is 12.7 Å². The monoisotopic (exact) mass is 332 g/mol. The summed E-state index contributed by atoms with van der Waals surface area (Å²) in [6.07, 6.45) is 6.17. The lowest BCUT2D eigenvalue weighted by Gasteiger charge is -2.24. The van der Waals surface area contributed by atoms with Gasteiger partial charge in [0.15, 0.2) is 0 Å². The van der Waals surface area contributed by atoms with Crippen molar-refractivity contribution < 1.29 is 8.42 Å². The van der Waals surface area contributed by atoms with Gasteiger partial charge in [-0.05, 0) is 26.3 Å². The van der Waals surface area contributed by atoms with Crippen molar-refractivity contribution in [2.24, 2.45) is 0 Å². The molecule has 6 nitrogen and oxygen atoms in total. The molecular weight excluding hydrogens is 312 g/mol. The van der Waals surface area contributed by atoms with Crippen molar-refractivity contribution in [3.63, 3.8) is 0 Å². The summed E-state index contributed by atoms with van der Waals surface area (Å²) in [7, 11) is -1.34. The van der Waals surface area contributed by atoms with E-state index in [2.05, 4.69) is 17.0 Å². The van der Waals surface area contributed by atoms with Crippen molar-refractivity contribution >= 4 is 21.6 Å². The zero-order valence-corrected chi connectivity index (χ0v) is 13.7. The Balaban J connectivity index is 1.81. The minimum atomic E-state index is -3.45. The summed E-state index contributed by atoms with van der Waals surface area (Å²) in [5.74, 6) is 0.416. The largest absolute Gasteiger partial charge is 0.299 e. The maximum Gasteiger partial charge on any atom is 0.246 e. The molecule has 2 unspecified atom stereocenters. The number of aromatic nitrogens is 2. The normalized spacial score (nSPS) is 27.9. The molecule has 0 aliphatic carbocycles. The first-order chi connectivity index (χ1) is 10.0. The highest BCUT2D eigenvalue weighted by Gasteiger charge is 2.38. The summed E-state index contributed by atoms with van der Waals surface area (Å²) in [6, 6.07) is 0.860. The van der Waals surface area contributed by atoms with Gasteiger partial charge in [0, 0.05) is 37.3 Å². The highest BCUT2D eigenvalue weighted by molar-refractivity contribution is 7.89. The minimum Gasteiger partial charge on any atom is -0.299 e. The molecule has 1 aromatic rings. The quantitative estimate of drug-likeness (QED) is 0.771.